The molecular formula is C19H28IN5O. The number of halogens is 1. The lowest BCUT2D eigenvalue weighted by Gasteiger charge is -2.23. The smallest absolute Gasteiger partial charge is 0.193 e. The second kappa shape index (κ2) is 8.28. The van der Waals surface area contributed by atoms with Gasteiger partial charge in [-0.2, -0.15) is 5.10 Å². The van der Waals surface area contributed by atoms with E-state index in [-0.39, 0.29) is 29.4 Å². The molecular weight excluding hydrogens is 441 g/mol. The Morgan fingerprint density at radius 2 is 2.19 bits per heavy atom. The van der Waals surface area contributed by atoms with Crippen LogP contribution in [-0.2, 0) is 19.0 Å². The Morgan fingerprint density at radius 3 is 2.81 bits per heavy atom. The molecule has 0 radical (unpaired) electrons. The summed E-state index contributed by atoms with van der Waals surface area (Å²) in [5, 5.41) is 7.83. The van der Waals surface area contributed by atoms with Crippen molar-refractivity contribution in [2.45, 2.75) is 31.3 Å². The molecule has 7 heteroatoms. The first-order chi connectivity index (χ1) is 12.0. The molecule has 1 aromatic heterocycles. The molecule has 1 saturated carbocycles. The Morgan fingerprint density at radius 1 is 1.46 bits per heavy atom. The Kier molecular flexibility index (Phi) is 6.54. The van der Waals surface area contributed by atoms with Crippen molar-refractivity contribution in [2.24, 2.45) is 12.0 Å². The van der Waals surface area contributed by atoms with Crippen molar-refractivity contribution in [3.8, 4) is 5.75 Å². The summed E-state index contributed by atoms with van der Waals surface area (Å²) >= 11 is 0. The molecule has 1 aliphatic carbocycles. The van der Waals surface area contributed by atoms with E-state index < -0.39 is 0 Å². The number of aromatic nitrogens is 2. The van der Waals surface area contributed by atoms with Crippen LogP contribution in [0.25, 0.3) is 0 Å². The lowest BCUT2D eigenvalue weighted by atomic mass is 9.96. The summed E-state index contributed by atoms with van der Waals surface area (Å²) in [5.41, 5.74) is 2.48. The van der Waals surface area contributed by atoms with Crippen molar-refractivity contribution in [3.05, 3.63) is 47.8 Å². The molecule has 0 spiro atoms. The van der Waals surface area contributed by atoms with Gasteiger partial charge in [-0.05, 0) is 12.5 Å². The highest BCUT2D eigenvalue weighted by atomic mass is 127. The summed E-state index contributed by atoms with van der Waals surface area (Å²) in [4.78, 5) is 6.57. The minimum Gasteiger partial charge on any atom is -0.496 e. The summed E-state index contributed by atoms with van der Waals surface area (Å²) in [7, 11) is 7.53. The van der Waals surface area contributed by atoms with E-state index in [0.29, 0.717) is 6.04 Å². The molecule has 0 aliphatic heterocycles. The van der Waals surface area contributed by atoms with Gasteiger partial charge >= 0.3 is 0 Å². The Labute approximate surface area is 172 Å². The van der Waals surface area contributed by atoms with Gasteiger partial charge in [0.1, 0.15) is 5.75 Å². The number of aliphatic imine (C=N–C) groups is 1. The molecule has 0 bridgehead atoms. The van der Waals surface area contributed by atoms with Gasteiger partial charge in [0.25, 0.3) is 0 Å². The zero-order chi connectivity index (χ0) is 18.0. The highest BCUT2D eigenvalue weighted by Crippen LogP contribution is 2.51. The number of methoxy groups -OCH3 is 1. The predicted octanol–water partition coefficient (Wildman–Crippen LogP) is 2.78. The number of nitrogens with zero attached hydrogens (tertiary/aromatic N) is 4. The molecule has 6 nitrogen and oxygen atoms in total. The van der Waals surface area contributed by atoms with Crippen molar-refractivity contribution in [1.29, 1.82) is 0 Å². The molecule has 1 N–H and O–H groups in total. The number of para-hydroxylation sites is 1. The second-order valence-corrected chi connectivity index (χ2v) is 6.94. The van der Waals surface area contributed by atoms with E-state index in [1.54, 1.807) is 7.11 Å². The second-order valence-electron chi connectivity index (χ2n) is 6.94. The molecule has 3 rings (SSSR count). The maximum absolute atomic E-state index is 5.54. The Bertz CT molecular complexity index is 775. The van der Waals surface area contributed by atoms with Crippen molar-refractivity contribution in [3.63, 3.8) is 0 Å². The fraction of sp³-hybridized carbons (Fsp3) is 0.474. The maximum Gasteiger partial charge on any atom is 0.193 e. The highest BCUT2D eigenvalue weighted by molar-refractivity contribution is 14.0. The molecule has 1 fully saturated rings. The molecule has 0 amide bonds. The van der Waals surface area contributed by atoms with Crippen LogP contribution in [0, 0.1) is 0 Å². The van der Waals surface area contributed by atoms with Gasteiger partial charge in [0.05, 0.1) is 13.3 Å². The van der Waals surface area contributed by atoms with Crippen LogP contribution in [0.2, 0.25) is 0 Å². The number of guanidine groups is 1. The summed E-state index contributed by atoms with van der Waals surface area (Å²) in [6.07, 6.45) is 4.98. The molecule has 142 valence electrons. The fourth-order valence-electron chi connectivity index (χ4n) is 3.39. The van der Waals surface area contributed by atoms with Crippen molar-refractivity contribution >= 4 is 29.9 Å². The predicted molar refractivity (Wildman–Crippen MR) is 115 cm³/mol. The van der Waals surface area contributed by atoms with Gasteiger partial charge in [-0.25, -0.2) is 0 Å². The third-order valence-electron chi connectivity index (χ3n) is 5.01. The molecule has 1 heterocycles. The fourth-order valence-corrected chi connectivity index (χ4v) is 3.39. The van der Waals surface area contributed by atoms with Gasteiger partial charge in [0.15, 0.2) is 5.96 Å². The monoisotopic (exact) mass is 469 g/mol. The molecule has 1 aromatic carbocycles. The van der Waals surface area contributed by atoms with Crippen LogP contribution in [0.5, 0.6) is 5.75 Å². The zero-order valence-corrected chi connectivity index (χ0v) is 18.4. The number of hydrogen-bond acceptors (Lipinski definition) is 3. The van der Waals surface area contributed by atoms with E-state index in [9.17, 15) is 0 Å². The number of aryl methyl sites for hydroxylation is 1. The number of rotatable bonds is 5. The SMILES string of the molecule is CN=C(NC1CC1(C)c1ccccc1OC)N(C)Cc1cnn(C)c1.I. The normalized spacial score (nSPS) is 21.7. The van der Waals surface area contributed by atoms with Crippen LogP contribution in [-0.4, -0.2) is 47.9 Å². The minimum atomic E-state index is 0. The lowest BCUT2D eigenvalue weighted by Crippen LogP contribution is -2.41. The van der Waals surface area contributed by atoms with E-state index in [2.05, 4.69) is 39.4 Å². The summed E-state index contributed by atoms with van der Waals surface area (Å²) in [5.74, 6) is 1.85. The molecule has 2 unspecified atom stereocenters. The first kappa shape index (κ1) is 20.5. The van der Waals surface area contributed by atoms with E-state index >= 15 is 0 Å². The summed E-state index contributed by atoms with van der Waals surface area (Å²) in [6.45, 7) is 3.04. The average Bonchev–Trinajstić information content (AvgIpc) is 3.09. The minimum absolute atomic E-state index is 0. The average molecular weight is 469 g/mol. The van der Waals surface area contributed by atoms with Crippen LogP contribution in [0.15, 0.2) is 41.7 Å². The van der Waals surface area contributed by atoms with Crippen molar-refractivity contribution < 1.29 is 4.74 Å². The van der Waals surface area contributed by atoms with Crippen molar-refractivity contribution in [1.82, 2.24) is 20.0 Å². The van der Waals surface area contributed by atoms with Gasteiger partial charge in [0.2, 0.25) is 0 Å². The number of hydrogen-bond donors (Lipinski definition) is 1. The number of benzene rings is 1. The van der Waals surface area contributed by atoms with Gasteiger partial charge < -0.3 is 15.0 Å². The quantitative estimate of drug-likeness (QED) is 0.416. The largest absolute Gasteiger partial charge is 0.496 e. The zero-order valence-electron chi connectivity index (χ0n) is 16.1. The standard InChI is InChI=1S/C19H27N5O.HI/c1-19(15-8-6-7-9-16(15)25-5)10-17(19)22-18(20-2)23(3)12-14-11-21-24(4)13-14;/h6-9,11,13,17H,10,12H2,1-5H3,(H,20,22);1H. The highest BCUT2D eigenvalue weighted by Gasteiger charge is 2.53. The molecule has 0 saturated heterocycles. The van der Waals surface area contributed by atoms with E-state index in [1.165, 1.54) is 5.56 Å². The van der Waals surface area contributed by atoms with E-state index in [4.69, 9.17) is 4.74 Å². The number of ether oxygens (including phenoxy) is 1. The van der Waals surface area contributed by atoms with E-state index in [0.717, 1.165) is 30.2 Å². The molecule has 1 aliphatic rings. The number of nitrogens with one attached hydrogen (secondary N) is 1. The Balaban J connectivity index is 0.00000243. The van der Waals surface area contributed by atoms with Gasteiger partial charge in [0, 0.05) is 56.5 Å². The van der Waals surface area contributed by atoms with Gasteiger partial charge in [-0.15, -0.1) is 24.0 Å². The Hall–Kier alpha value is -1.77. The maximum atomic E-state index is 5.54. The lowest BCUT2D eigenvalue weighted by molar-refractivity contribution is 0.404. The molecule has 2 aromatic rings. The van der Waals surface area contributed by atoms with E-state index in [1.807, 2.05) is 50.4 Å². The molecule has 2 atom stereocenters. The van der Waals surface area contributed by atoms with Crippen LogP contribution >= 0.6 is 24.0 Å². The van der Waals surface area contributed by atoms with Gasteiger partial charge in [-0.3, -0.25) is 9.67 Å². The van der Waals surface area contributed by atoms with Gasteiger partial charge in [-0.1, -0.05) is 25.1 Å². The van der Waals surface area contributed by atoms with Crippen LogP contribution in [0.3, 0.4) is 0 Å². The summed E-state index contributed by atoms with van der Waals surface area (Å²) in [6, 6.07) is 8.61. The third-order valence-corrected chi connectivity index (χ3v) is 5.01. The summed E-state index contributed by atoms with van der Waals surface area (Å²) < 4.78 is 7.36. The first-order valence-corrected chi connectivity index (χ1v) is 8.53. The van der Waals surface area contributed by atoms with Crippen LogP contribution in [0.1, 0.15) is 24.5 Å². The van der Waals surface area contributed by atoms with Crippen LogP contribution in [0.4, 0.5) is 0 Å². The topological polar surface area (TPSA) is 54.7 Å². The first-order valence-electron chi connectivity index (χ1n) is 8.53. The third kappa shape index (κ3) is 4.13. The van der Waals surface area contributed by atoms with Crippen molar-refractivity contribution in [2.75, 3.05) is 21.2 Å². The van der Waals surface area contributed by atoms with Crippen LogP contribution < -0.4 is 10.1 Å². The molecule has 26 heavy (non-hydrogen) atoms.